The third-order valence-corrected chi connectivity index (χ3v) is 5.22. The molecule has 0 bridgehead atoms. The van der Waals surface area contributed by atoms with Crippen molar-refractivity contribution >= 4 is 26.4 Å². The Morgan fingerprint density at radius 2 is 2.05 bits per heavy atom. The lowest BCUT2D eigenvalue weighted by Gasteiger charge is -2.18. The van der Waals surface area contributed by atoms with Gasteiger partial charge in [-0.05, 0) is 19.1 Å². The van der Waals surface area contributed by atoms with Crippen molar-refractivity contribution < 1.29 is 13.5 Å². The second-order valence-corrected chi connectivity index (χ2v) is 7.38. The maximum absolute atomic E-state index is 11.6. The Morgan fingerprint density at radius 1 is 1.30 bits per heavy atom. The monoisotopic (exact) mass is 292 g/mol. The second-order valence-electron chi connectivity index (χ2n) is 5.22. The molecule has 5 nitrogen and oxygen atoms in total. The minimum Gasteiger partial charge on any atom is -0.390 e. The summed E-state index contributed by atoms with van der Waals surface area (Å²) in [5, 5.41) is 14.0. The standard InChI is InChI=1S/C14H16N2O3S/c1-9-6-12(10-4-2-3-5-11(10)15-9)16-13-7-20(18,19)8-14(13)17/h2-6,13-14,17H,7-8H2,1H3,(H,15,16)/t13-,14-/m1/s1. The van der Waals surface area contributed by atoms with E-state index in [4.69, 9.17) is 0 Å². The topological polar surface area (TPSA) is 79.3 Å². The van der Waals surface area contributed by atoms with Crippen molar-refractivity contribution in [1.82, 2.24) is 4.98 Å². The molecule has 0 unspecified atom stereocenters. The first-order valence-electron chi connectivity index (χ1n) is 6.46. The first-order chi connectivity index (χ1) is 9.44. The van der Waals surface area contributed by atoms with E-state index in [9.17, 15) is 13.5 Å². The quantitative estimate of drug-likeness (QED) is 0.867. The zero-order valence-electron chi connectivity index (χ0n) is 11.1. The largest absolute Gasteiger partial charge is 0.390 e. The number of benzene rings is 1. The average molecular weight is 292 g/mol. The van der Waals surface area contributed by atoms with Crippen LogP contribution >= 0.6 is 0 Å². The molecule has 0 amide bonds. The molecule has 1 aromatic carbocycles. The summed E-state index contributed by atoms with van der Waals surface area (Å²) in [5.74, 6) is -0.212. The number of fused-ring (bicyclic) bond motifs is 1. The van der Waals surface area contributed by atoms with Crippen LogP contribution in [-0.2, 0) is 9.84 Å². The lowest BCUT2D eigenvalue weighted by Crippen LogP contribution is -2.32. The number of sulfone groups is 1. The third kappa shape index (κ3) is 2.48. The lowest BCUT2D eigenvalue weighted by atomic mass is 10.1. The number of pyridine rings is 1. The Kier molecular flexibility index (Phi) is 3.14. The summed E-state index contributed by atoms with van der Waals surface area (Å²) < 4.78 is 23.1. The first-order valence-corrected chi connectivity index (χ1v) is 8.28. The summed E-state index contributed by atoms with van der Waals surface area (Å²) in [7, 11) is -3.16. The molecule has 1 aliphatic heterocycles. The van der Waals surface area contributed by atoms with E-state index in [2.05, 4.69) is 10.3 Å². The second kappa shape index (κ2) is 4.71. The highest BCUT2D eigenvalue weighted by molar-refractivity contribution is 7.91. The Balaban J connectivity index is 1.99. The predicted octanol–water partition coefficient (Wildman–Crippen LogP) is 1.11. The van der Waals surface area contributed by atoms with Gasteiger partial charge in [0.05, 0.1) is 29.2 Å². The zero-order chi connectivity index (χ0) is 14.3. The van der Waals surface area contributed by atoms with Crippen LogP contribution in [0.4, 0.5) is 5.69 Å². The van der Waals surface area contributed by atoms with E-state index in [0.29, 0.717) is 0 Å². The van der Waals surface area contributed by atoms with Crippen molar-refractivity contribution in [2.24, 2.45) is 0 Å². The molecule has 2 atom stereocenters. The highest BCUT2D eigenvalue weighted by atomic mass is 32.2. The summed E-state index contributed by atoms with van der Waals surface area (Å²) in [6.07, 6.45) is -0.868. The van der Waals surface area contributed by atoms with E-state index in [1.54, 1.807) is 0 Å². The van der Waals surface area contributed by atoms with Crippen LogP contribution in [0.5, 0.6) is 0 Å². The first kappa shape index (κ1) is 13.3. The van der Waals surface area contributed by atoms with Crippen molar-refractivity contribution in [2.45, 2.75) is 19.1 Å². The van der Waals surface area contributed by atoms with Crippen LogP contribution in [0.15, 0.2) is 30.3 Å². The smallest absolute Gasteiger partial charge is 0.155 e. The normalized spacial score (nSPS) is 24.9. The molecule has 2 heterocycles. The van der Waals surface area contributed by atoms with Gasteiger partial charge in [0.1, 0.15) is 0 Å². The molecule has 0 aliphatic carbocycles. The Hall–Kier alpha value is -1.66. The predicted molar refractivity (Wildman–Crippen MR) is 78.6 cm³/mol. The van der Waals surface area contributed by atoms with Crippen molar-refractivity contribution in [3.8, 4) is 0 Å². The van der Waals surface area contributed by atoms with Crippen molar-refractivity contribution in [3.05, 3.63) is 36.0 Å². The maximum Gasteiger partial charge on any atom is 0.155 e. The highest BCUT2D eigenvalue weighted by Gasteiger charge is 2.36. The number of aromatic nitrogens is 1. The van der Waals surface area contributed by atoms with E-state index in [-0.39, 0.29) is 11.5 Å². The van der Waals surface area contributed by atoms with Gasteiger partial charge in [0.25, 0.3) is 0 Å². The lowest BCUT2D eigenvalue weighted by molar-refractivity contribution is 0.190. The number of rotatable bonds is 2. The fourth-order valence-electron chi connectivity index (χ4n) is 2.59. The number of aryl methyl sites for hydroxylation is 1. The van der Waals surface area contributed by atoms with Crippen LogP contribution in [0.1, 0.15) is 5.69 Å². The minimum absolute atomic E-state index is 0.0378. The molecule has 1 fully saturated rings. The molecule has 0 spiro atoms. The molecule has 1 aromatic heterocycles. The summed E-state index contributed by atoms with van der Waals surface area (Å²) in [4.78, 5) is 4.44. The van der Waals surface area contributed by atoms with Gasteiger partial charge in [-0.3, -0.25) is 4.98 Å². The summed E-state index contributed by atoms with van der Waals surface area (Å²) >= 11 is 0. The fraction of sp³-hybridized carbons (Fsp3) is 0.357. The Bertz CT molecular complexity index is 758. The molecular formula is C14H16N2O3S. The molecule has 1 aliphatic rings. The number of nitrogens with zero attached hydrogens (tertiary/aromatic N) is 1. The maximum atomic E-state index is 11.6. The highest BCUT2D eigenvalue weighted by Crippen LogP contribution is 2.26. The third-order valence-electron chi connectivity index (χ3n) is 3.51. The number of nitrogens with one attached hydrogen (secondary N) is 1. The van der Waals surface area contributed by atoms with Gasteiger partial charge in [-0.2, -0.15) is 0 Å². The molecule has 106 valence electrons. The number of anilines is 1. The number of hydrogen-bond donors (Lipinski definition) is 2. The van der Waals surface area contributed by atoms with Crippen LogP contribution in [0.2, 0.25) is 0 Å². The number of aliphatic hydroxyl groups excluding tert-OH is 1. The van der Waals surface area contributed by atoms with Gasteiger partial charge in [-0.1, -0.05) is 18.2 Å². The van der Waals surface area contributed by atoms with E-state index in [1.807, 2.05) is 37.3 Å². The van der Waals surface area contributed by atoms with E-state index in [0.717, 1.165) is 22.3 Å². The van der Waals surface area contributed by atoms with Gasteiger partial charge < -0.3 is 10.4 Å². The summed E-state index contributed by atoms with van der Waals surface area (Å²) in [6.45, 7) is 1.89. The molecule has 6 heteroatoms. The summed E-state index contributed by atoms with van der Waals surface area (Å²) in [5.41, 5.74) is 2.51. The zero-order valence-corrected chi connectivity index (χ0v) is 11.9. The van der Waals surface area contributed by atoms with Crippen LogP contribution < -0.4 is 5.32 Å². The van der Waals surface area contributed by atoms with Gasteiger partial charge >= 0.3 is 0 Å². The van der Waals surface area contributed by atoms with Crippen LogP contribution in [0.25, 0.3) is 10.9 Å². The molecule has 2 aromatic rings. The van der Waals surface area contributed by atoms with E-state index >= 15 is 0 Å². The molecule has 1 saturated heterocycles. The van der Waals surface area contributed by atoms with Crippen LogP contribution in [0.3, 0.4) is 0 Å². The Labute approximate surface area is 117 Å². The molecule has 2 N–H and O–H groups in total. The number of aliphatic hydroxyl groups is 1. The number of hydrogen-bond acceptors (Lipinski definition) is 5. The molecule has 0 saturated carbocycles. The van der Waals surface area contributed by atoms with Crippen molar-refractivity contribution in [3.63, 3.8) is 0 Å². The van der Waals surface area contributed by atoms with Gasteiger partial charge in [0.15, 0.2) is 9.84 Å². The van der Waals surface area contributed by atoms with Crippen LogP contribution in [-0.4, -0.2) is 42.2 Å². The van der Waals surface area contributed by atoms with Gasteiger partial charge in [-0.15, -0.1) is 0 Å². The van der Waals surface area contributed by atoms with Crippen LogP contribution in [0, 0.1) is 6.92 Å². The SMILES string of the molecule is Cc1cc(N[C@@H]2CS(=O)(=O)C[C@H]2O)c2ccccc2n1. The van der Waals surface area contributed by atoms with Gasteiger partial charge in [0.2, 0.25) is 0 Å². The van der Waals surface area contributed by atoms with Gasteiger partial charge in [-0.25, -0.2) is 8.42 Å². The minimum atomic E-state index is -3.16. The average Bonchev–Trinajstić information content (AvgIpc) is 2.62. The van der Waals surface area contributed by atoms with Crippen molar-refractivity contribution in [1.29, 1.82) is 0 Å². The fourth-order valence-corrected chi connectivity index (χ4v) is 4.34. The summed E-state index contributed by atoms with van der Waals surface area (Å²) in [6, 6.07) is 9.07. The number of para-hydroxylation sites is 1. The molecule has 0 radical (unpaired) electrons. The van der Waals surface area contributed by atoms with Gasteiger partial charge in [0, 0.05) is 16.8 Å². The van der Waals surface area contributed by atoms with E-state index in [1.165, 1.54) is 0 Å². The van der Waals surface area contributed by atoms with Crippen molar-refractivity contribution in [2.75, 3.05) is 16.8 Å². The molecular weight excluding hydrogens is 276 g/mol. The molecule has 20 heavy (non-hydrogen) atoms. The molecule has 3 rings (SSSR count). The Morgan fingerprint density at radius 3 is 2.75 bits per heavy atom. The van der Waals surface area contributed by atoms with E-state index < -0.39 is 22.0 Å².